The van der Waals surface area contributed by atoms with Crippen molar-refractivity contribution in [3.63, 3.8) is 0 Å². The van der Waals surface area contributed by atoms with Crippen molar-refractivity contribution in [1.29, 1.82) is 0 Å². The number of piperidine rings is 1. The highest BCUT2D eigenvalue weighted by Gasteiger charge is 2.37. The molecule has 2 atom stereocenters. The molecule has 54 heavy (non-hydrogen) atoms. The summed E-state index contributed by atoms with van der Waals surface area (Å²) in [7, 11) is 9.42. The molecule has 6 bridgehead atoms. The van der Waals surface area contributed by atoms with Gasteiger partial charge in [0.1, 0.15) is 11.5 Å². The Kier molecular flexibility index (Phi) is 10.5. The molecule has 0 aliphatic carbocycles. The lowest BCUT2D eigenvalue weighted by molar-refractivity contribution is 0.0785. The van der Waals surface area contributed by atoms with E-state index in [1.54, 1.807) is 21.3 Å². The van der Waals surface area contributed by atoms with Crippen LogP contribution in [0.2, 0.25) is 0 Å². The maximum atomic E-state index is 10.8. The van der Waals surface area contributed by atoms with Gasteiger partial charge in [0.15, 0.2) is 23.0 Å². The van der Waals surface area contributed by atoms with Gasteiger partial charge < -0.3 is 33.9 Å². The summed E-state index contributed by atoms with van der Waals surface area (Å²) in [5, 5.41) is 21.1. The number of nitrogens with zero attached hydrogens (tertiary/aromatic N) is 3. The third-order valence-electron chi connectivity index (χ3n) is 12.1. The van der Waals surface area contributed by atoms with Gasteiger partial charge in [-0.25, -0.2) is 0 Å². The Hall–Kier alpha value is -4.32. The number of aliphatic hydroxyl groups is 2. The van der Waals surface area contributed by atoms with Gasteiger partial charge >= 0.3 is 0 Å². The van der Waals surface area contributed by atoms with Crippen LogP contribution in [0.3, 0.4) is 0 Å². The van der Waals surface area contributed by atoms with Gasteiger partial charge in [-0.3, -0.25) is 14.7 Å². The SMILES string of the molecule is COc1ccc2cc1Oc1ccc(cc1)C[C@H]1c3cc(c(CO)cc3CCN1C)Oc1c(OC)c(OC)c(CN3CCC(O)CC3)c3c1[C@H](C2)N(C)CC3. The van der Waals surface area contributed by atoms with Gasteiger partial charge in [0.25, 0.3) is 0 Å². The van der Waals surface area contributed by atoms with Crippen molar-refractivity contribution in [3.8, 4) is 40.2 Å². The Balaban J connectivity index is 1.36. The van der Waals surface area contributed by atoms with E-state index in [0.717, 1.165) is 86.3 Å². The van der Waals surface area contributed by atoms with Crippen LogP contribution in [0, 0.1) is 0 Å². The van der Waals surface area contributed by atoms with E-state index in [1.807, 2.05) is 18.2 Å². The van der Waals surface area contributed by atoms with Gasteiger partial charge in [0, 0.05) is 61.5 Å². The van der Waals surface area contributed by atoms with E-state index >= 15 is 0 Å². The van der Waals surface area contributed by atoms with E-state index in [4.69, 9.17) is 23.7 Å². The molecule has 286 valence electrons. The first-order valence-corrected chi connectivity index (χ1v) is 19.3. The van der Waals surface area contributed by atoms with Crippen molar-refractivity contribution in [1.82, 2.24) is 14.7 Å². The molecule has 4 aromatic carbocycles. The zero-order valence-corrected chi connectivity index (χ0v) is 32.2. The lowest BCUT2D eigenvalue weighted by Gasteiger charge is -2.39. The van der Waals surface area contributed by atoms with Crippen LogP contribution in [0.25, 0.3) is 0 Å². The molecule has 0 amide bonds. The summed E-state index contributed by atoms with van der Waals surface area (Å²) in [6.07, 6.45) is 4.42. The lowest BCUT2D eigenvalue weighted by Crippen LogP contribution is -2.37. The van der Waals surface area contributed by atoms with Gasteiger partial charge in [-0.1, -0.05) is 18.2 Å². The number of likely N-dealkylation sites (N-methyl/N-ethyl adjacent to an activating group) is 2. The Morgan fingerprint density at radius 2 is 1.44 bits per heavy atom. The Labute approximate surface area is 318 Å². The van der Waals surface area contributed by atoms with Gasteiger partial charge in [-0.15, -0.1) is 0 Å². The number of hydrogen-bond donors (Lipinski definition) is 2. The van der Waals surface area contributed by atoms with Crippen molar-refractivity contribution in [3.05, 3.63) is 99.1 Å². The predicted molar refractivity (Wildman–Crippen MR) is 208 cm³/mol. The summed E-state index contributed by atoms with van der Waals surface area (Å²) >= 11 is 0. The Morgan fingerprint density at radius 1 is 0.741 bits per heavy atom. The highest BCUT2D eigenvalue weighted by Crippen LogP contribution is 2.53. The number of methoxy groups -OCH3 is 3. The summed E-state index contributed by atoms with van der Waals surface area (Å²) in [4.78, 5) is 7.22. The van der Waals surface area contributed by atoms with Crippen LogP contribution in [-0.4, -0.2) is 92.6 Å². The summed E-state index contributed by atoms with van der Waals surface area (Å²) in [6.45, 7) is 3.92. The molecule has 0 saturated carbocycles. The molecule has 1 fully saturated rings. The highest BCUT2D eigenvalue weighted by molar-refractivity contribution is 5.67. The van der Waals surface area contributed by atoms with Crippen molar-refractivity contribution < 1.29 is 33.9 Å². The molecule has 2 N–H and O–H groups in total. The van der Waals surface area contributed by atoms with Crippen molar-refractivity contribution in [2.24, 2.45) is 0 Å². The number of hydrogen-bond acceptors (Lipinski definition) is 10. The quantitative estimate of drug-likeness (QED) is 0.226. The van der Waals surface area contributed by atoms with E-state index in [-0.39, 0.29) is 24.8 Å². The molecule has 1 saturated heterocycles. The molecular weight excluding hydrogens is 682 g/mol. The summed E-state index contributed by atoms with van der Waals surface area (Å²) in [5.74, 6) is 4.56. The first-order chi connectivity index (χ1) is 26.3. The molecule has 0 unspecified atom stereocenters. The zero-order valence-electron chi connectivity index (χ0n) is 32.2. The number of fused-ring (bicyclic) bond motifs is 2. The molecule has 0 spiro atoms. The van der Waals surface area contributed by atoms with Crippen molar-refractivity contribution in [2.75, 3.05) is 61.6 Å². The third-order valence-corrected chi connectivity index (χ3v) is 12.1. The standard InChI is InChI=1S/C44H53N3O7/c1-45-16-12-29-23-30(26-48)39-24-34(29)36(45)20-27-6-9-32(10-7-27)53-40-22-28(8-11-38(40)50-3)21-37-41-33(15-17-46(37)2)35(25-47-18-13-31(49)14-19-47)42(51-4)44(52-5)43(41)54-39/h6-11,22-24,31,36-37,48-49H,12-21,25-26H2,1-5H3/t36-,37-/m0/s1. The summed E-state index contributed by atoms with van der Waals surface area (Å²) in [5.41, 5.74) is 8.86. The van der Waals surface area contributed by atoms with E-state index in [2.05, 4.69) is 65.2 Å². The molecule has 0 radical (unpaired) electrons. The van der Waals surface area contributed by atoms with Crippen molar-refractivity contribution >= 4 is 0 Å². The first-order valence-electron chi connectivity index (χ1n) is 19.3. The fraction of sp³-hybridized carbons (Fsp3) is 0.455. The predicted octanol–water partition coefficient (Wildman–Crippen LogP) is 6.60. The van der Waals surface area contributed by atoms with Crippen LogP contribution in [0.5, 0.6) is 40.2 Å². The van der Waals surface area contributed by atoms with Crippen LogP contribution >= 0.6 is 0 Å². The van der Waals surface area contributed by atoms with Crippen LogP contribution in [0.4, 0.5) is 0 Å². The van der Waals surface area contributed by atoms with E-state index in [1.165, 1.54) is 22.3 Å². The minimum Gasteiger partial charge on any atom is -0.493 e. The fourth-order valence-electron chi connectivity index (χ4n) is 9.03. The zero-order chi connectivity index (χ0) is 37.5. The molecule has 10 nitrogen and oxygen atoms in total. The van der Waals surface area contributed by atoms with E-state index < -0.39 is 0 Å². The van der Waals surface area contributed by atoms with Gasteiger partial charge in [-0.05, 0) is 117 Å². The first kappa shape index (κ1) is 36.6. The second kappa shape index (κ2) is 15.4. The maximum absolute atomic E-state index is 10.8. The number of benzene rings is 4. The molecule has 9 rings (SSSR count). The maximum Gasteiger partial charge on any atom is 0.204 e. The molecular formula is C44H53N3O7. The Bertz CT molecular complexity index is 1990. The lowest BCUT2D eigenvalue weighted by atomic mass is 9.84. The smallest absolute Gasteiger partial charge is 0.204 e. The fourth-order valence-corrected chi connectivity index (χ4v) is 9.03. The number of ether oxygens (including phenoxy) is 5. The average molecular weight is 736 g/mol. The summed E-state index contributed by atoms with van der Waals surface area (Å²) in [6, 6.07) is 18.9. The topological polar surface area (TPSA) is 96.3 Å². The van der Waals surface area contributed by atoms with Crippen LogP contribution in [-0.2, 0) is 38.8 Å². The van der Waals surface area contributed by atoms with Crippen LogP contribution in [0.15, 0.2) is 54.6 Å². The summed E-state index contributed by atoms with van der Waals surface area (Å²) < 4.78 is 32.1. The number of aliphatic hydroxyl groups excluding tert-OH is 2. The molecule has 5 heterocycles. The van der Waals surface area contributed by atoms with Gasteiger partial charge in [0.05, 0.1) is 34.0 Å². The highest BCUT2D eigenvalue weighted by atomic mass is 16.5. The second-order valence-corrected chi connectivity index (χ2v) is 15.3. The minimum absolute atomic E-state index is 0.0843. The van der Waals surface area contributed by atoms with Gasteiger partial charge in [-0.2, -0.15) is 0 Å². The largest absolute Gasteiger partial charge is 0.493 e. The molecule has 10 heteroatoms. The molecule has 5 aliphatic heterocycles. The average Bonchev–Trinajstić information content (AvgIpc) is 3.18. The molecule has 4 aromatic rings. The Morgan fingerprint density at radius 3 is 2.17 bits per heavy atom. The van der Waals surface area contributed by atoms with Crippen LogP contribution < -0.4 is 23.7 Å². The monoisotopic (exact) mass is 735 g/mol. The number of rotatable bonds is 6. The number of likely N-dealkylation sites (tertiary alicyclic amines) is 1. The molecule has 5 aliphatic rings. The normalized spacial score (nSPS) is 20.6. The molecule has 0 aromatic heterocycles. The third kappa shape index (κ3) is 6.90. The van der Waals surface area contributed by atoms with Gasteiger partial charge in [0.2, 0.25) is 5.75 Å². The van der Waals surface area contributed by atoms with E-state index in [0.29, 0.717) is 47.5 Å². The minimum atomic E-state index is -0.260. The van der Waals surface area contributed by atoms with Crippen LogP contribution in [0.1, 0.15) is 69.4 Å². The van der Waals surface area contributed by atoms with Crippen molar-refractivity contribution in [2.45, 2.75) is 69.9 Å². The van der Waals surface area contributed by atoms with E-state index in [9.17, 15) is 10.2 Å². The second-order valence-electron chi connectivity index (χ2n) is 15.3.